The molecule has 0 aliphatic carbocycles. The van der Waals surface area contributed by atoms with Crippen LogP contribution in [0.1, 0.15) is 143 Å². The van der Waals surface area contributed by atoms with Crippen LogP contribution < -0.4 is 10.9 Å². The van der Waals surface area contributed by atoms with Gasteiger partial charge in [0.05, 0.1) is 22.1 Å². The number of rotatable bonds is 6. The summed E-state index contributed by atoms with van der Waals surface area (Å²) in [5, 5.41) is 5.34. The molecule has 5 aromatic carbocycles. The lowest BCUT2D eigenvalue weighted by molar-refractivity contribution is 0.482. The average molecular weight is 786 g/mol. The Morgan fingerprint density at radius 2 is 1.15 bits per heavy atom. The number of aromatic nitrogens is 3. The van der Waals surface area contributed by atoms with Crippen molar-refractivity contribution < 1.29 is 0 Å². The second kappa shape index (κ2) is 14.0. The van der Waals surface area contributed by atoms with Crippen molar-refractivity contribution in [3.05, 3.63) is 127 Å². The molecule has 0 bridgehead atoms. The van der Waals surface area contributed by atoms with Gasteiger partial charge in [0.15, 0.2) is 10.9 Å². The molecule has 1 unspecified atom stereocenters. The molecular weight excluding hydrogens is 723 g/mol. The van der Waals surface area contributed by atoms with E-state index in [0.29, 0.717) is 33.6 Å². The molecule has 306 valence electrons. The summed E-state index contributed by atoms with van der Waals surface area (Å²) in [6.07, 6.45) is 2.86. The van der Waals surface area contributed by atoms with Crippen molar-refractivity contribution in [3.8, 4) is 0 Å². The zero-order valence-corrected chi connectivity index (χ0v) is 37.7. The molecule has 3 heterocycles. The summed E-state index contributed by atoms with van der Waals surface area (Å²) < 4.78 is 2.30. The summed E-state index contributed by atoms with van der Waals surface area (Å²) >= 11 is 0. The largest absolute Gasteiger partial charge is 0.354 e. The smallest absolute Gasteiger partial charge is 0.197 e. The van der Waals surface area contributed by atoms with Crippen molar-refractivity contribution in [1.29, 1.82) is 0 Å². The molecule has 0 radical (unpaired) electrons. The Labute approximate surface area is 349 Å². The zero-order valence-electron chi connectivity index (χ0n) is 37.7. The number of H-pyrrole nitrogens is 2. The van der Waals surface area contributed by atoms with Crippen molar-refractivity contribution in [2.45, 2.75) is 143 Å². The first-order chi connectivity index (χ1) is 27.6. The number of hydrogen-bond donors (Lipinski definition) is 2. The molecule has 5 nitrogen and oxygen atoms in total. The maximum absolute atomic E-state index is 14.2. The van der Waals surface area contributed by atoms with E-state index in [4.69, 9.17) is 0 Å². The molecule has 0 aliphatic heterocycles. The maximum Gasteiger partial charge on any atom is 0.197 e. The van der Waals surface area contributed by atoms with Gasteiger partial charge in [-0.3, -0.25) is 9.59 Å². The van der Waals surface area contributed by atoms with E-state index in [1.165, 1.54) is 49.6 Å². The molecule has 0 fully saturated rings. The lowest BCUT2D eigenvalue weighted by Crippen LogP contribution is -2.30. The molecule has 8 rings (SSSR count). The average Bonchev–Trinajstić information content (AvgIpc) is 3.54. The standard InChI is InChI=1S/C54H63N3O2/c1-14-31(21-20-28-57-40-27-18-16-23-33(40)50(59)35-29-39-34(30-41(35)57)49(58)32-22-15-17-25-37(32)55-39)42-45(52(5,6)7)47(54(11,12)13)46(53(8,9)10)44-43-36(51(2,3)4)24-19-26-38(43)56-48(42)44/h15-19,22-27,29-31,56H,14,20-21,28H2,1-13H3,(H,55,58). The third-order valence-corrected chi connectivity index (χ3v) is 12.8. The van der Waals surface area contributed by atoms with E-state index in [1.807, 2.05) is 54.6 Å². The van der Waals surface area contributed by atoms with Gasteiger partial charge in [0.1, 0.15) is 0 Å². The number of aromatic amines is 2. The fourth-order valence-electron chi connectivity index (χ4n) is 10.4. The molecule has 5 heteroatoms. The SMILES string of the molecule is CCC(CCCn1c2ccccc2c(=O)c2cc3[nH]c4ccccc4c(=O)c3cc21)c1c(C(C)(C)C)c(C(C)(C)C)c(C(C)(C)C)c2c1[nH]c1cccc(C(C)(C)C)c12. The van der Waals surface area contributed by atoms with Gasteiger partial charge in [-0.2, -0.15) is 0 Å². The summed E-state index contributed by atoms with van der Waals surface area (Å²) in [4.78, 5) is 35.6. The van der Waals surface area contributed by atoms with Gasteiger partial charge in [0.2, 0.25) is 0 Å². The number of nitrogens with zero attached hydrogens (tertiary/aromatic N) is 1. The molecule has 0 saturated carbocycles. The number of fused-ring (bicyclic) bond motifs is 7. The lowest BCUT2D eigenvalue weighted by Gasteiger charge is -2.40. The summed E-state index contributed by atoms with van der Waals surface area (Å²) in [5.41, 5.74) is 12.6. The summed E-state index contributed by atoms with van der Waals surface area (Å²) in [5.74, 6) is 0.278. The predicted molar refractivity (Wildman–Crippen MR) is 254 cm³/mol. The highest BCUT2D eigenvalue weighted by Gasteiger charge is 2.39. The lowest BCUT2D eigenvalue weighted by atomic mass is 9.64. The first kappa shape index (κ1) is 40.6. The normalized spacial score (nSPS) is 13.8. The second-order valence-electron chi connectivity index (χ2n) is 21.3. The number of aryl methyl sites for hydroxylation is 1. The van der Waals surface area contributed by atoms with Crippen LogP contribution in [0.4, 0.5) is 0 Å². The monoisotopic (exact) mass is 785 g/mol. The van der Waals surface area contributed by atoms with Gasteiger partial charge >= 0.3 is 0 Å². The van der Waals surface area contributed by atoms with Gasteiger partial charge in [0.25, 0.3) is 0 Å². The van der Waals surface area contributed by atoms with Gasteiger partial charge in [0, 0.05) is 49.9 Å². The molecule has 59 heavy (non-hydrogen) atoms. The van der Waals surface area contributed by atoms with Gasteiger partial charge in [-0.15, -0.1) is 0 Å². The first-order valence-corrected chi connectivity index (χ1v) is 21.8. The van der Waals surface area contributed by atoms with Crippen LogP contribution in [0.5, 0.6) is 0 Å². The highest BCUT2D eigenvalue weighted by molar-refractivity contribution is 6.13. The zero-order chi connectivity index (χ0) is 42.6. The molecule has 0 spiro atoms. The Kier molecular flexibility index (Phi) is 9.61. The highest BCUT2D eigenvalue weighted by atomic mass is 16.1. The number of pyridine rings is 2. The summed E-state index contributed by atoms with van der Waals surface area (Å²) in [7, 11) is 0. The molecule has 2 N–H and O–H groups in total. The Balaban J connectivity index is 1.35. The topological polar surface area (TPSA) is 70.7 Å². The van der Waals surface area contributed by atoms with Crippen molar-refractivity contribution in [2.24, 2.45) is 0 Å². The fourth-order valence-corrected chi connectivity index (χ4v) is 10.4. The van der Waals surface area contributed by atoms with E-state index < -0.39 is 0 Å². The summed E-state index contributed by atoms with van der Waals surface area (Å²) in [6.45, 7) is 31.7. The minimum atomic E-state index is -0.118. The molecule has 0 saturated heterocycles. The van der Waals surface area contributed by atoms with Crippen LogP contribution >= 0.6 is 0 Å². The Hall–Kier alpha value is -5.16. The second-order valence-corrected chi connectivity index (χ2v) is 21.3. The first-order valence-electron chi connectivity index (χ1n) is 21.8. The van der Waals surface area contributed by atoms with E-state index in [2.05, 4.69) is 129 Å². The van der Waals surface area contributed by atoms with Crippen LogP contribution in [-0.4, -0.2) is 14.5 Å². The van der Waals surface area contributed by atoms with E-state index in [0.717, 1.165) is 35.8 Å². The van der Waals surface area contributed by atoms with Crippen LogP contribution in [-0.2, 0) is 28.2 Å². The molecule has 0 amide bonds. The number of benzene rings is 5. The van der Waals surface area contributed by atoms with E-state index >= 15 is 0 Å². The van der Waals surface area contributed by atoms with Gasteiger partial charge < -0.3 is 14.5 Å². The van der Waals surface area contributed by atoms with E-state index in [-0.39, 0.29) is 38.4 Å². The summed E-state index contributed by atoms with van der Waals surface area (Å²) in [6, 6.07) is 26.3. The van der Waals surface area contributed by atoms with Crippen molar-refractivity contribution >= 4 is 65.4 Å². The van der Waals surface area contributed by atoms with Crippen molar-refractivity contribution in [1.82, 2.24) is 14.5 Å². The number of para-hydroxylation sites is 2. The van der Waals surface area contributed by atoms with Crippen molar-refractivity contribution in [2.75, 3.05) is 0 Å². The van der Waals surface area contributed by atoms with Crippen molar-refractivity contribution in [3.63, 3.8) is 0 Å². The quantitative estimate of drug-likeness (QED) is 0.165. The highest BCUT2D eigenvalue weighted by Crippen LogP contribution is 2.52. The molecular formula is C54H63N3O2. The maximum atomic E-state index is 14.2. The molecule has 3 aromatic heterocycles. The number of hydrogen-bond acceptors (Lipinski definition) is 2. The molecule has 0 aliphatic rings. The Morgan fingerprint density at radius 1 is 0.542 bits per heavy atom. The van der Waals surface area contributed by atoms with Crippen LogP contribution in [0, 0.1) is 0 Å². The van der Waals surface area contributed by atoms with Gasteiger partial charge in [-0.05, 0) is 117 Å². The van der Waals surface area contributed by atoms with Crippen LogP contribution in [0.2, 0.25) is 0 Å². The molecule has 8 aromatic rings. The Bertz CT molecular complexity index is 3090. The third kappa shape index (κ3) is 6.69. The minimum absolute atomic E-state index is 0.00603. The van der Waals surface area contributed by atoms with E-state index in [9.17, 15) is 9.59 Å². The minimum Gasteiger partial charge on any atom is -0.354 e. The molecule has 1 atom stereocenters. The third-order valence-electron chi connectivity index (χ3n) is 12.8. The Morgan fingerprint density at radius 3 is 1.80 bits per heavy atom. The fraction of sp³-hybridized carbons (Fsp3) is 0.407. The van der Waals surface area contributed by atoms with Crippen LogP contribution in [0.3, 0.4) is 0 Å². The van der Waals surface area contributed by atoms with Gasteiger partial charge in [-0.1, -0.05) is 126 Å². The predicted octanol–water partition coefficient (Wildman–Crippen LogP) is 13.9. The van der Waals surface area contributed by atoms with Gasteiger partial charge in [-0.25, -0.2) is 0 Å². The van der Waals surface area contributed by atoms with Crippen LogP contribution in [0.15, 0.2) is 88.5 Å². The number of nitrogens with one attached hydrogen (secondary N) is 2. The van der Waals surface area contributed by atoms with Crippen LogP contribution in [0.25, 0.3) is 65.4 Å². The van der Waals surface area contributed by atoms with E-state index in [1.54, 1.807) is 0 Å².